The lowest BCUT2D eigenvalue weighted by Gasteiger charge is -2.36. The Morgan fingerprint density at radius 1 is 1.16 bits per heavy atom. The maximum absolute atomic E-state index is 13.5. The summed E-state index contributed by atoms with van der Waals surface area (Å²) in [7, 11) is 1.97. The zero-order valence-corrected chi connectivity index (χ0v) is 21.4. The molecular weight excluding hydrogens is 518 g/mol. The molecule has 0 radical (unpaired) electrons. The van der Waals surface area contributed by atoms with Crippen molar-refractivity contribution < 1.29 is 42.5 Å². The SMILES string of the molecule is CC(C)[C@@H]1CC[C@@H](C)CC1OC(=O)Cn1c(-c2ccc(F)cc2)[n+](C)c2ccccc21.[I-]. The highest BCUT2D eigenvalue weighted by Gasteiger charge is 2.34. The highest BCUT2D eigenvalue weighted by Crippen LogP contribution is 2.35. The van der Waals surface area contributed by atoms with Gasteiger partial charge in [-0.2, -0.15) is 0 Å². The Balaban J connectivity index is 0.00000289. The molecule has 4 nitrogen and oxygen atoms in total. The number of aromatic nitrogens is 2. The first-order valence-electron chi connectivity index (χ1n) is 11.3. The molecule has 0 N–H and O–H groups in total. The van der Waals surface area contributed by atoms with E-state index < -0.39 is 0 Å². The van der Waals surface area contributed by atoms with Crippen molar-refractivity contribution in [2.24, 2.45) is 24.8 Å². The minimum Gasteiger partial charge on any atom is -1.00 e. The molecule has 0 saturated heterocycles. The van der Waals surface area contributed by atoms with Gasteiger partial charge in [0, 0.05) is 0 Å². The maximum atomic E-state index is 13.5. The van der Waals surface area contributed by atoms with Crippen LogP contribution in [0.4, 0.5) is 4.39 Å². The van der Waals surface area contributed by atoms with E-state index in [-0.39, 0.29) is 48.4 Å². The molecular formula is C26H32FIN2O2. The second kappa shape index (κ2) is 10.3. The Morgan fingerprint density at radius 3 is 2.53 bits per heavy atom. The molecule has 0 spiro atoms. The van der Waals surface area contributed by atoms with Gasteiger partial charge in [0.15, 0.2) is 17.6 Å². The third-order valence-electron chi connectivity index (χ3n) is 6.74. The second-order valence-electron chi connectivity index (χ2n) is 9.32. The number of fused-ring (bicyclic) bond motifs is 1. The smallest absolute Gasteiger partial charge is 0.348 e. The largest absolute Gasteiger partial charge is 1.00 e. The fourth-order valence-electron chi connectivity index (χ4n) is 5.08. The molecule has 4 rings (SSSR count). The lowest BCUT2D eigenvalue weighted by Crippen LogP contribution is -3.00. The third kappa shape index (κ3) is 5.00. The lowest BCUT2D eigenvalue weighted by molar-refractivity contribution is -0.634. The molecule has 1 aliphatic carbocycles. The highest BCUT2D eigenvalue weighted by molar-refractivity contribution is 5.79. The molecule has 3 aromatic rings. The number of imidazole rings is 1. The van der Waals surface area contributed by atoms with Crippen LogP contribution >= 0.6 is 0 Å². The van der Waals surface area contributed by atoms with Gasteiger partial charge < -0.3 is 28.7 Å². The van der Waals surface area contributed by atoms with Gasteiger partial charge in [-0.05, 0) is 67.0 Å². The number of hydrogen-bond acceptors (Lipinski definition) is 2. The summed E-state index contributed by atoms with van der Waals surface area (Å²) < 4.78 is 23.6. The van der Waals surface area contributed by atoms with Crippen LogP contribution in [-0.2, 0) is 23.1 Å². The summed E-state index contributed by atoms with van der Waals surface area (Å²) in [6.07, 6.45) is 3.21. The Kier molecular flexibility index (Phi) is 7.96. The van der Waals surface area contributed by atoms with Crippen LogP contribution in [0.15, 0.2) is 48.5 Å². The van der Waals surface area contributed by atoms with Crippen molar-refractivity contribution >= 4 is 17.0 Å². The molecule has 6 heteroatoms. The van der Waals surface area contributed by atoms with Gasteiger partial charge >= 0.3 is 5.97 Å². The second-order valence-corrected chi connectivity index (χ2v) is 9.32. The molecule has 1 saturated carbocycles. The zero-order chi connectivity index (χ0) is 22.1. The number of esters is 1. The first-order chi connectivity index (χ1) is 14.8. The average Bonchev–Trinajstić information content (AvgIpc) is 3.00. The number of carbonyl (C=O) groups is 1. The number of carbonyl (C=O) groups excluding carboxylic acids is 1. The predicted molar refractivity (Wildman–Crippen MR) is 120 cm³/mol. The number of benzene rings is 2. The van der Waals surface area contributed by atoms with E-state index in [1.807, 2.05) is 35.9 Å². The van der Waals surface area contributed by atoms with E-state index >= 15 is 0 Å². The van der Waals surface area contributed by atoms with Crippen molar-refractivity contribution in [2.45, 2.75) is 52.7 Å². The van der Waals surface area contributed by atoms with Gasteiger partial charge in [0.25, 0.3) is 5.82 Å². The fourth-order valence-corrected chi connectivity index (χ4v) is 5.08. The first-order valence-corrected chi connectivity index (χ1v) is 11.3. The highest BCUT2D eigenvalue weighted by atomic mass is 127. The predicted octanol–water partition coefficient (Wildman–Crippen LogP) is 2.28. The summed E-state index contributed by atoms with van der Waals surface area (Å²) in [6, 6.07) is 14.4. The van der Waals surface area contributed by atoms with Crippen LogP contribution in [0.25, 0.3) is 22.4 Å². The maximum Gasteiger partial charge on any atom is 0.348 e. The third-order valence-corrected chi connectivity index (χ3v) is 6.74. The molecule has 1 heterocycles. The summed E-state index contributed by atoms with van der Waals surface area (Å²) in [6.45, 7) is 6.80. The van der Waals surface area contributed by atoms with E-state index in [9.17, 15) is 9.18 Å². The molecule has 1 aliphatic rings. The van der Waals surface area contributed by atoms with Gasteiger partial charge in [0.1, 0.15) is 11.9 Å². The molecule has 0 aliphatic heterocycles. The molecule has 1 fully saturated rings. The van der Waals surface area contributed by atoms with Crippen LogP contribution in [0, 0.1) is 23.6 Å². The Hall–Kier alpha value is -1.96. The number of hydrogen-bond donors (Lipinski definition) is 0. The molecule has 2 aromatic carbocycles. The van der Waals surface area contributed by atoms with E-state index in [2.05, 4.69) is 25.3 Å². The van der Waals surface area contributed by atoms with Gasteiger partial charge in [-0.15, -0.1) is 0 Å². The van der Waals surface area contributed by atoms with E-state index in [1.54, 1.807) is 12.1 Å². The Bertz CT molecular complexity index is 1080. The Morgan fingerprint density at radius 2 is 1.84 bits per heavy atom. The topological polar surface area (TPSA) is 35.1 Å². The van der Waals surface area contributed by atoms with Crippen molar-refractivity contribution in [1.82, 2.24) is 4.57 Å². The molecule has 1 unspecified atom stereocenters. The van der Waals surface area contributed by atoms with Gasteiger partial charge in [0.05, 0.1) is 12.6 Å². The van der Waals surface area contributed by atoms with Gasteiger partial charge in [-0.25, -0.2) is 18.3 Å². The van der Waals surface area contributed by atoms with Gasteiger partial charge in [0.2, 0.25) is 0 Å². The zero-order valence-electron chi connectivity index (χ0n) is 19.2. The summed E-state index contributed by atoms with van der Waals surface area (Å²) >= 11 is 0. The minimum atomic E-state index is -0.278. The van der Waals surface area contributed by atoms with Crippen LogP contribution in [0.3, 0.4) is 0 Å². The van der Waals surface area contributed by atoms with Crippen LogP contribution in [0.2, 0.25) is 0 Å². The minimum absolute atomic E-state index is 0. The molecule has 0 amide bonds. The normalized spacial score (nSPS) is 20.9. The molecule has 0 bridgehead atoms. The van der Waals surface area contributed by atoms with Crippen molar-refractivity contribution in [3.63, 3.8) is 0 Å². The first kappa shape index (κ1) is 24.7. The molecule has 32 heavy (non-hydrogen) atoms. The molecule has 3 atom stereocenters. The van der Waals surface area contributed by atoms with Crippen LogP contribution < -0.4 is 28.5 Å². The van der Waals surface area contributed by atoms with Crippen LogP contribution in [0.1, 0.15) is 40.0 Å². The quantitative estimate of drug-likeness (QED) is 0.278. The molecule has 172 valence electrons. The van der Waals surface area contributed by atoms with E-state index in [4.69, 9.17) is 4.74 Å². The standard InChI is InChI=1S/C26H32FN2O2.HI/c1-17(2)21-14-9-18(3)15-24(21)31-25(30)16-29-23-8-6-5-7-22(23)28(4)26(29)19-10-12-20(27)13-11-19;/h5-8,10-13,17-18,21,24H,9,14-16H2,1-4H3;1H/q+1;/p-1/t18-,21+,24?;/m1./s1. The summed E-state index contributed by atoms with van der Waals surface area (Å²) in [4.78, 5) is 13.1. The van der Waals surface area contributed by atoms with E-state index in [0.29, 0.717) is 17.8 Å². The van der Waals surface area contributed by atoms with E-state index in [0.717, 1.165) is 35.3 Å². The fraction of sp³-hybridized carbons (Fsp3) is 0.462. The number of nitrogens with zero attached hydrogens (tertiary/aromatic N) is 2. The van der Waals surface area contributed by atoms with Crippen molar-refractivity contribution in [3.05, 3.63) is 54.3 Å². The number of rotatable bonds is 5. The average molecular weight is 550 g/mol. The number of ether oxygens (including phenoxy) is 1. The molecule has 1 aromatic heterocycles. The summed E-state index contributed by atoms with van der Waals surface area (Å²) in [5, 5.41) is 0. The number of para-hydroxylation sites is 2. The Labute approximate surface area is 206 Å². The summed E-state index contributed by atoms with van der Waals surface area (Å²) in [5.74, 6) is 1.84. The monoisotopic (exact) mass is 550 g/mol. The number of aryl methyl sites for hydroxylation is 1. The summed E-state index contributed by atoms with van der Waals surface area (Å²) in [5.41, 5.74) is 2.83. The van der Waals surface area contributed by atoms with E-state index in [1.165, 1.54) is 18.6 Å². The van der Waals surface area contributed by atoms with Gasteiger partial charge in [-0.3, -0.25) is 0 Å². The van der Waals surface area contributed by atoms with Crippen molar-refractivity contribution in [2.75, 3.05) is 0 Å². The van der Waals surface area contributed by atoms with Crippen LogP contribution in [-0.4, -0.2) is 16.6 Å². The van der Waals surface area contributed by atoms with Crippen molar-refractivity contribution in [1.29, 1.82) is 0 Å². The van der Waals surface area contributed by atoms with Gasteiger partial charge in [-0.1, -0.05) is 39.3 Å². The number of halogens is 2. The van der Waals surface area contributed by atoms with Crippen molar-refractivity contribution in [3.8, 4) is 11.4 Å². The van der Waals surface area contributed by atoms with Crippen LogP contribution in [0.5, 0.6) is 0 Å². The lowest BCUT2D eigenvalue weighted by atomic mass is 9.75.